The number of rotatable bonds is 6. The van der Waals surface area contributed by atoms with Crippen LogP contribution in [0.25, 0.3) is 0 Å². The molecule has 0 atom stereocenters. The van der Waals surface area contributed by atoms with Crippen molar-refractivity contribution < 1.29 is 4.79 Å². The van der Waals surface area contributed by atoms with Crippen LogP contribution in [0.4, 0.5) is 5.13 Å². The highest BCUT2D eigenvalue weighted by Crippen LogP contribution is 2.17. The van der Waals surface area contributed by atoms with Crippen molar-refractivity contribution in [2.24, 2.45) is 11.7 Å². The van der Waals surface area contributed by atoms with E-state index in [9.17, 15) is 4.79 Å². The Bertz CT molecular complexity index is 335. The molecule has 0 saturated heterocycles. The molecule has 0 saturated carbocycles. The summed E-state index contributed by atoms with van der Waals surface area (Å²) in [6, 6.07) is 0. The topological polar surface area (TPSA) is 80.9 Å². The molecule has 6 heteroatoms. The van der Waals surface area contributed by atoms with Crippen LogP contribution in [0, 0.1) is 5.92 Å². The normalized spacial score (nSPS) is 10.8. The molecule has 16 heavy (non-hydrogen) atoms. The molecule has 0 radical (unpaired) electrons. The van der Waals surface area contributed by atoms with Gasteiger partial charge in [-0.15, -0.1) is 10.2 Å². The summed E-state index contributed by atoms with van der Waals surface area (Å²) in [5.41, 5.74) is 5.41. The molecule has 0 bridgehead atoms. The summed E-state index contributed by atoms with van der Waals surface area (Å²) in [7, 11) is 0. The molecule has 0 aliphatic rings. The number of hydrogen-bond donors (Lipinski definition) is 2. The van der Waals surface area contributed by atoms with E-state index in [0.29, 0.717) is 18.1 Å². The third kappa shape index (κ3) is 3.53. The van der Waals surface area contributed by atoms with Crippen LogP contribution in [-0.2, 0) is 11.2 Å². The average Bonchev–Trinajstić information content (AvgIpc) is 2.68. The first-order valence-electron chi connectivity index (χ1n) is 5.54. The highest BCUT2D eigenvalue weighted by Gasteiger charge is 2.15. The van der Waals surface area contributed by atoms with Crippen molar-refractivity contribution in [3.05, 3.63) is 5.01 Å². The summed E-state index contributed by atoms with van der Waals surface area (Å²) in [5.74, 6) is 0.0855. The van der Waals surface area contributed by atoms with Crippen LogP contribution in [0.1, 0.15) is 31.7 Å². The van der Waals surface area contributed by atoms with Crippen molar-refractivity contribution in [2.75, 3.05) is 11.9 Å². The van der Waals surface area contributed by atoms with Gasteiger partial charge in [0.15, 0.2) is 0 Å². The van der Waals surface area contributed by atoms with Crippen LogP contribution in [0.5, 0.6) is 0 Å². The maximum atomic E-state index is 11.7. The van der Waals surface area contributed by atoms with E-state index >= 15 is 0 Å². The first-order valence-corrected chi connectivity index (χ1v) is 6.36. The minimum absolute atomic E-state index is 0.0282. The van der Waals surface area contributed by atoms with E-state index in [0.717, 1.165) is 17.8 Å². The quantitative estimate of drug-likeness (QED) is 0.790. The summed E-state index contributed by atoms with van der Waals surface area (Å²) in [6.07, 6.45) is 2.39. The number of nitrogens with one attached hydrogen (secondary N) is 1. The molecule has 1 aromatic heterocycles. The molecule has 0 unspecified atom stereocenters. The number of carbonyl (C=O) groups excluding carboxylic acids is 1. The predicted molar refractivity (Wildman–Crippen MR) is 65.4 cm³/mol. The van der Waals surface area contributed by atoms with Crippen molar-refractivity contribution in [2.45, 2.75) is 33.1 Å². The summed E-state index contributed by atoms with van der Waals surface area (Å²) < 4.78 is 0. The van der Waals surface area contributed by atoms with Crippen molar-refractivity contribution >= 4 is 22.4 Å². The molecular weight excluding hydrogens is 224 g/mol. The molecular formula is C10H18N4OS. The molecule has 1 heterocycles. The van der Waals surface area contributed by atoms with Crippen LogP contribution in [0.3, 0.4) is 0 Å². The Morgan fingerprint density at radius 3 is 2.69 bits per heavy atom. The molecule has 0 fully saturated rings. The summed E-state index contributed by atoms with van der Waals surface area (Å²) in [4.78, 5) is 11.7. The van der Waals surface area contributed by atoms with Gasteiger partial charge >= 0.3 is 0 Å². The van der Waals surface area contributed by atoms with Crippen LogP contribution < -0.4 is 11.1 Å². The van der Waals surface area contributed by atoms with E-state index in [-0.39, 0.29) is 11.8 Å². The molecule has 0 aliphatic heterocycles. The molecule has 3 N–H and O–H groups in total. The summed E-state index contributed by atoms with van der Waals surface area (Å²) in [6.45, 7) is 4.57. The van der Waals surface area contributed by atoms with Gasteiger partial charge in [0, 0.05) is 12.3 Å². The van der Waals surface area contributed by atoms with E-state index in [1.807, 2.05) is 13.8 Å². The monoisotopic (exact) mass is 242 g/mol. The number of anilines is 1. The fourth-order valence-electron chi connectivity index (χ4n) is 1.40. The van der Waals surface area contributed by atoms with E-state index < -0.39 is 0 Å². The SMILES string of the molecule is CCC(CC)C(=O)Nc1nnc(CCN)s1. The number of aromatic nitrogens is 2. The second-order valence-electron chi connectivity index (χ2n) is 3.54. The Kier molecular flexibility index (Phi) is 5.34. The lowest BCUT2D eigenvalue weighted by Gasteiger charge is -2.09. The summed E-state index contributed by atoms with van der Waals surface area (Å²) in [5, 5.41) is 12.1. The van der Waals surface area contributed by atoms with Crippen molar-refractivity contribution in [1.82, 2.24) is 10.2 Å². The van der Waals surface area contributed by atoms with Crippen LogP contribution in [0.15, 0.2) is 0 Å². The fourth-order valence-corrected chi connectivity index (χ4v) is 2.15. The third-order valence-electron chi connectivity index (χ3n) is 2.41. The van der Waals surface area contributed by atoms with Gasteiger partial charge in [0.05, 0.1) is 0 Å². The van der Waals surface area contributed by atoms with Gasteiger partial charge in [-0.05, 0) is 19.4 Å². The highest BCUT2D eigenvalue weighted by atomic mass is 32.1. The van der Waals surface area contributed by atoms with Crippen molar-refractivity contribution in [3.8, 4) is 0 Å². The van der Waals surface area contributed by atoms with Gasteiger partial charge in [0.1, 0.15) is 5.01 Å². The number of hydrogen-bond acceptors (Lipinski definition) is 5. The van der Waals surface area contributed by atoms with Gasteiger partial charge in [0.2, 0.25) is 11.0 Å². The molecule has 1 aromatic rings. The van der Waals surface area contributed by atoms with Gasteiger partial charge in [0.25, 0.3) is 0 Å². The first kappa shape index (κ1) is 13.1. The Morgan fingerprint density at radius 1 is 1.44 bits per heavy atom. The first-order chi connectivity index (χ1) is 7.71. The van der Waals surface area contributed by atoms with E-state index in [4.69, 9.17) is 5.73 Å². The Morgan fingerprint density at radius 2 is 2.12 bits per heavy atom. The predicted octanol–water partition coefficient (Wildman–Crippen LogP) is 1.41. The second kappa shape index (κ2) is 6.55. The van der Waals surface area contributed by atoms with Crippen LogP contribution in [0.2, 0.25) is 0 Å². The van der Waals surface area contributed by atoms with Gasteiger partial charge in [-0.3, -0.25) is 4.79 Å². The molecule has 90 valence electrons. The van der Waals surface area contributed by atoms with Gasteiger partial charge in [-0.25, -0.2) is 0 Å². The van der Waals surface area contributed by atoms with E-state index in [2.05, 4.69) is 15.5 Å². The number of amides is 1. The average molecular weight is 242 g/mol. The number of nitrogens with two attached hydrogens (primary N) is 1. The van der Waals surface area contributed by atoms with E-state index in [1.165, 1.54) is 11.3 Å². The lowest BCUT2D eigenvalue weighted by atomic mass is 10.0. The van der Waals surface area contributed by atoms with Crippen LogP contribution >= 0.6 is 11.3 Å². The fraction of sp³-hybridized carbons (Fsp3) is 0.700. The lowest BCUT2D eigenvalue weighted by Crippen LogP contribution is -2.21. The molecule has 1 rings (SSSR count). The Hall–Kier alpha value is -1.01. The minimum Gasteiger partial charge on any atom is -0.330 e. The molecule has 5 nitrogen and oxygen atoms in total. The summed E-state index contributed by atoms with van der Waals surface area (Å²) >= 11 is 1.39. The largest absolute Gasteiger partial charge is 0.330 e. The Labute approximate surface area is 99.5 Å². The lowest BCUT2D eigenvalue weighted by molar-refractivity contribution is -0.120. The molecule has 0 spiro atoms. The zero-order chi connectivity index (χ0) is 12.0. The minimum atomic E-state index is 0.0282. The van der Waals surface area contributed by atoms with Gasteiger partial charge < -0.3 is 11.1 Å². The van der Waals surface area contributed by atoms with Gasteiger partial charge in [-0.2, -0.15) is 0 Å². The highest BCUT2D eigenvalue weighted by molar-refractivity contribution is 7.15. The van der Waals surface area contributed by atoms with Crippen molar-refractivity contribution in [1.29, 1.82) is 0 Å². The standard InChI is InChI=1S/C10H18N4OS/c1-3-7(4-2)9(15)12-10-14-13-8(16-10)5-6-11/h7H,3-6,11H2,1-2H3,(H,12,14,15). The Balaban J connectivity index is 2.55. The number of carbonyl (C=O) groups is 1. The second-order valence-corrected chi connectivity index (χ2v) is 4.60. The molecule has 1 amide bonds. The smallest absolute Gasteiger partial charge is 0.229 e. The zero-order valence-corrected chi connectivity index (χ0v) is 10.5. The zero-order valence-electron chi connectivity index (χ0n) is 9.69. The number of nitrogens with zero attached hydrogens (tertiary/aromatic N) is 2. The third-order valence-corrected chi connectivity index (χ3v) is 3.31. The van der Waals surface area contributed by atoms with E-state index in [1.54, 1.807) is 0 Å². The maximum Gasteiger partial charge on any atom is 0.229 e. The maximum absolute atomic E-state index is 11.7. The molecule has 0 aromatic carbocycles. The van der Waals surface area contributed by atoms with Gasteiger partial charge in [-0.1, -0.05) is 25.2 Å². The molecule has 0 aliphatic carbocycles. The van der Waals surface area contributed by atoms with Crippen molar-refractivity contribution in [3.63, 3.8) is 0 Å². The van der Waals surface area contributed by atoms with Crippen LogP contribution in [-0.4, -0.2) is 22.6 Å².